The van der Waals surface area contributed by atoms with Crippen molar-refractivity contribution < 1.29 is 4.79 Å². The lowest BCUT2D eigenvalue weighted by Crippen LogP contribution is -2.20. The van der Waals surface area contributed by atoms with Gasteiger partial charge in [-0.05, 0) is 24.1 Å². The fourth-order valence-electron chi connectivity index (χ4n) is 1.46. The fraction of sp³-hybridized carbons (Fsp3) is 0.231. The summed E-state index contributed by atoms with van der Waals surface area (Å²) in [5.41, 5.74) is 1.67. The van der Waals surface area contributed by atoms with Gasteiger partial charge in [-0.25, -0.2) is 4.79 Å². The molecule has 0 aliphatic rings. The minimum atomic E-state index is -0.247. The zero-order valence-electron chi connectivity index (χ0n) is 9.92. The molecule has 0 aliphatic carbocycles. The van der Waals surface area contributed by atoms with E-state index >= 15 is 0 Å². The Morgan fingerprint density at radius 1 is 1.24 bits per heavy atom. The molecule has 0 bridgehead atoms. The van der Waals surface area contributed by atoms with Crippen LogP contribution in [0.25, 0.3) is 0 Å². The van der Waals surface area contributed by atoms with Gasteiger partial charge in [0.25, 0.3) is 0 Å². The van der Waals surface area contributed by atoms with E-state index in [2.05, 4.69) is 10.4 Å². The molecule has 4 nitrogen and oxygen atoms in total. The van der Waals surface area contributed by atoms with E-state index in [0.717, 1.165) is 11.4 Å². The number of anilines is 1. The van der Waals surface area contributed by atoms with E-state index in [1.165, 1.54) is 4.68 Å². The molecule has 1 aromatic heterocycles. The summed E-state index contributed by atoms with van der Waals surface area (Å²) in [6.45, 7) is 4.09. The van der Waals surface area contributed by atoms with Crippen molar-refractivity contribution in [3.63, 3.8) is 0 Å². The predicted octanol–water partition coefficient (Wildman–Crippen LogP) is 3.09. The highest BCUT2D eigenvalue weighted by molar-refractivity contribution is 5.90. The summed E-state index contributed by atoms with van der Waals surface area (Å²) >= 11 is 0. The highest BCUT2D eigenvalue weighted by Crippen LogP contribution is 2.11. The van der Waals surface area contributed by atoms with Crippen LogP contribution in [0, 0.1) is 0 Å². The van der Waals surface area contributed by atoms with E-state index in [1.54, 1.807) is 6.20 Å². The van der Waals surface area contributed by atoms with Gasteiger partial charge in [0.15, 0.2) is 0 Å². The average molecular weight is 229 g/mol. The van der Waals surface area contributed by atoms with Crippen molar-refractivity contribution in [2.45, 2.75) is 19.8 Å². The van der Waals surface area contributed by atoms with E-state index in [1.807, 2.05) is 50.2 Å². The average Bonchev–Trinajstić information content (AvgIpc) is 2.79. The standard InChI is InChI=1S/C13H15N3O/c1-10(2)12-8-9-16(15-12)13(17)14-11-6-4-3-5-7-11/h3-10H,1-2H3,(H,14,17). The predicted molar refractivity (Wildman–Crippen MR) is 67.2 cm³/mol. The van der Waals surface area contributed by atoms with Crippen LogP contribution in [0.1, 0.15) is 25.5 Å². The topological polar surface area (TPSA) is 46.9 Å². The molecule has 0 radical (unpaired) electrons. The third-order valence-electron chi connectivity index (χ3n) is 2.43. The minimum Gasteiger partial charge on any atom is -0.306 e. The summed E-state index contributed by atoms with van der Waals surface area (Å²) in [5, 5.41) is 6.98. The van der Waals surface area contributed by atoms with Crippen LogP contribution in [-0.4, -0.2) is 15.8 Å². The molecule has 1 amide bonds. The van der Waals surface area contributed by atoms with Crippen LogP contribution in [0.4, 0.5) is 10.5 Å². The van der Waals surface area contributed by atoms with Crippen LogP contribution in [0.5, 0.6) is 0 Å². The molecule has 0 fully saturated rings. The molecule has 0 saturated heterocycles. The number of nitrogens with one attached hydrogen (secondary N) is 1. The summed E-state index contributed by atoms with van der Waals surface area (Å²) in [6.07, 6.45) is 1.67. The maximum atomic E-state index is 11.8. The van der Waals surface area contributed by atoms with Gasteiger partial charge < -0.3 is 5.32 Å². The van der Waals surface area contributed by atoms with Crippen molar-refractivity contribution in [3.8, 4) is 0 Å². The molecule has 2 aromatic rings. The van der Waals surface area contributed by atoms with Crippen molar-refractivity contribution >= 4 is 11.7 Å². The maximum absolute atomic E-state index is 11.8. The molecule has 2 rings (SSSR count). The van der Waals surface area contributed by atoms with Crippen LogP contribution in [0.3, 0.4) is 0 Å². The van der Waals surface area contributed by atoms with E-state index in [-0.39, 0.29) is 6.03 Å². The minimum absolute atomic E-state index is 0.247. The summed E-state index contributed by atoms with van der Waals surface area (Å²) in [4.78, 5) is 11.8. The molecular weight excluding hydrogens is 214 g/mol. The van der Waals surface area contributed by atoms with Crippen LogP contribution in [0.2, 0.25) is 0 Å². The first-order valence-corrected chi connectivity index (χ1v) is 5.59. The second kappa shape index (κ2) is 4.82. The Balaban J connectivity index is 2.10. The van der Waals surface area contributed by atoms with E-state index in [9.17, 15) is 4.79 Å². The number of carbonyl (C=O) groups is 1. The van der Waals surface area contributed by atoms with Gasteiger partial charge in [-0.15, -0.1) is 0 Å². The number of rotatable bonds is 2. The lowest BCUT2D eigenvalue weighted by atomic mass is 10.1. The van der Waals surface area contributed by atoms with Gasteiger partial charge in [-0.3, -0.25) is 0 Å². The van der Waals surface area contributed by atoms with E-state index in [0.29, 0.717) is 5.92 Å². The molecule has 1 N–H and O–H groups in total. The fourth-order valence-corrected chi connectivity index (χ4v) is 1.46. The number of hydrogen-bond donors (Lipinski definition) is 1. The smallest absolute Gasteiger partial charge is 0.306 e. The summed E-state index contributed by atoms with van der Waals surface area (Å²) in [5.74, 6) is 0.320. The third-order valence-corrected chi connectivity index (χ3v) is 2.43. The number of aromatic nitrogens is 2. The molecule has 0 atom stereocenters. The van der Waals surface area contributed by atoms with Crippen LogP contribution in [-0.2, 0) is 0 Å². The second-order valence-electron chi connectivity index (χ2n) is 4.14. The first-order chi connectivity index (χ1) is 8.16. The van der Waals surface area contributed by atoms with Crippen molar-refractivity contribution in [1.82, 2.24) is 9.78 Å². The summed E-state index contributed by atoms with van der Waals surface area (Å²) in [7, 11) is 0. The molecule has 0 unspecified atom stereocenters. The number of hydrogen-bond acceptors (Lipinski definition) is 2. The summed E-state index contributed by atoms with van der Waals surface area (Å²) in [6, 6.07) is 10.9. The molecule has 0 saturated carbocycles. The largest absolute Gasteiger partial charge is 0.346 e. The highest BCUT2D eigenvalue weighted by atomic mass is 16.2. The van der Waals surface area contributed by atoms with Gasteiger partial charge >= 0.3 is 6.03 Å². The molecule has 0 aliphatic heterocycles. The summed E-state index contributed by atoms with van der Waals surface area (Å²) < 4.78 is 1.32. The Labute approximate surface area is 100 Å². The van der Waals surface area contributed by atoms with E-state index < -0.39 is 0 Å². The first kappa shape index (κ1) is 11.4. The van der Waals surface area contributed by atoms with Gasteiger partial charge in [-0.1, -0.05) is 32.0 Å². The van der Waals surface area contributed by atoms with Gasteiger partial charge in [0.2, 0.25) is 0 Å². The second-order valence-corrected chi connectivity index (χ2v) is 4.14. The van der Waals surface area contributed by atoms with Gasteiger partial charge in [0, 0.05) is 11.9 Å². The molecule has 88 valence electrons. The highest BCUT2D eigenvalue weighted by Gasteiger charge is 2.08. The zero-order chi connectivity index (χ0) is 12.3. The van der Waals surface area contributed by atoms with Crippen molar-refractivity contribution in [2.75, 3.05) is 5.32 Å². The Morgan fingerprint density at radius 3 is 2.53 bits per heavy atom. The first-order valence-electron chi connectivity index (χ1n) is 5.59. The number of amides is 1. The number of benzene rings is 1. The Kier molecular flexibility index (Phi) is 3.23. The van der Waals surface area contributed by atoms with Crippen LogP contribution < -0.4 is 5.32 Å². The number of nitrogens with zero attached hydrogens (tertiary/aromatic N) is 2. The lowest BCUT2D eigenvalue weighted by Gasteiger charge is -2.04. The Morgan fingerprint density at radius 2 is 1.94 bits per heavy atom. The monoisotopic (exact) mass is 229 g/mol. The molecule has 4 heteroatoms. The number of para-hydroxylation sites is 1. The van der Waals surface area contributed by atoms with Crippen LogP contribution in [0.15, 0.2) is 42.6 Å². The zero-order valence-corrected chi connectivity index (χ0v) is 9.92. The molecular formula is C13H15N3O. The van der Waals surface area contributed by atoms with Gasteiger partial charge in [0.1, 0.15) is 0 Å². The maximum Gasteiger partial charge on any atom is 0.346 e. The molecule has 17 heavy (non-hydrogen) atoms. The van der Waals surface area contributed by atoms with Gasteiger partial charge in [-0.2, -0.15) is 9.78 Å². The molecule has 1 aromatic carbocycles. The van der Waals surface area contributed by atoms with Crippen molar-refractivity contribution in [2.24, 2.45) is 0 Å². The quantitative estimate of drug-likeness (QED) is 0.860. The van der Waals surface area contributed by atoms with Crippen molar-refractivity contribution in [3.05, 3.63) is 48.3 Å². The SMILES string of the molecule is CC(C)c1ccn(C(=O)Nc2ccccc2)n1. The van der Waals surface area contributed by atoms with Crippen molar-refractivity contribution in [1.29, 1.82) is 0 Å². The van der Waals surface area contributed by atoms with Crippen LogP contribution >= 0.6 is 0 Å². The number of carbonyl (C=O) groups excluding carboxylic acids is 1. The normalized spacial score (nSPS) is 10.5. The third kappa shape index (κ3) is 2.72. The van der Waals surface area contributed by atoms with E-state index in [4.69, 9.17) is 0 Å². The Bertz CT molecular complexity index is 502. The Hall–Kier alpha value is -2.10. The van der Waals surface area contributed by atoms with Gasteiger partial charge in [0.05, 0.1) is 5.69 Å². The molecule has 1 heterocycles. The lowest BCUT2D eigenvalue weighted by molar-refractivity contribution is 0.250. The molecule has 0 spiro atoms.